The molecular weight excluding hydrogens is 238 g/mol. The van der Waals surface area contributed by atoms with Gasteiger partial charge >= 0.3 is 5.97 Å². The molecule has 0 atom stereocenters. The van der Waals surface area contributed by atoms with Crippen LogP contribution in [0.2, 0.25) is 5.02 Å². The molecule has 3 nitrogen and oxygen atoms in total. The van der Waals surface area contributed by atoms with Crippen molar-refractivity contribution in [3.8, 4) is 0 Å². The van der Waals surface area contributed by atoms with Crippen LogP contribution in [-0.2, 0) is 0 Å². The average Bonchev–Trinajstić information content (AvgIpc) is 3.04. The quantitative estimate of drug-likeness (QED) is 0.861. The predicted molar refractivity (Wildman–Crippen MR) is 68.8 cm³/mol. The first-order valence-corrected chi connectivity index (χ1v) is 6.09. The first-order valence-electron chi connectivity index (χ1n) is 5.71. The lowest BCUT2D eigenvalue weighted by Gasteiger charge is -2.28. The molecule has 1 aromatic carbocycles. The van der Waals surface area contributed by atoms with Crippen LogP contribution in [-0.4, -0.2) is 16.6 Å². The maximum Gasteiger partial charge on any atom is 0.335 e. The van der Waals surface area contributed by atoms with Gasteiger partial charge in [-0.2, -0.15) is 0 Å². The van der Waals surface area contributed by atoms with Crippen LogP contribution in [0.25, 0.3) is 0 Å². The third-order valence-corrected chi connectivity index (χ3v) is 3.58. The van der Waals surface area contributed by atoms with Crippen molar-refractivity contribution in [2.24, 2.45) is 5.92 Å². The molecule has 0 spiro atoms. The predicted octanol–water partition coefficient (Wildman–Crippen LogP) is 3.64. The molecule has 0 amide bonds. The highest BCUT2D eigenvalue weighted by Crippen LogP contribution is 2.42. The van der Waals surface area contributed by atoms with Gasteiger partial charge in [0.2, 0.25) is 0 Å². The minimum absolute atomic E-state index is 0.00831. The Bertz CT molecular complexity index is 453. The molecule has 0 aliphatic heterocycles. The van der Waals surface area contributed by atoms with Crippen LogP contribution in [0.5, 0.6) is 0 Å². The van der Waals surface area contributed by atoms with Gasteiger partial charge in [-0.1, -0.05) is 11.6 Å². The molecule has 0 heterocycles. The number of carboxylic acid groups (broad SMARTS) is 1. The zero-order chi connectivity index (χ0) is 12.6. The molecule has 0 aromatic heterocycles. The Morgan fingerprint density at radius 2 is 2.12 bits per heavy atom. The monoisotopic (exact) mass is 253 g/mol. The van der Waals surface area contributed by atoms with Crippen molar-refractivity contribution in [3.63, 3.8) is 0 Å². The van der Waals surface area contributed by atoms with E-state index >= 15 is 0 Å². The average molecular weight is 254 g/mol. The summed E-state index contributed by atoms with van der Waals surface area (Å²) in [7, 11) is 0. The van der Waals surface area contributed by atoms with Gasteiger partial charge < -0.3 is 10.4 Å². The van der Waals surface area contributed by atoms with Gasteiger partial charge in [0.15, 0.2) is 0 Å². The van der Waals surface area contributed by atoms with E-state index in [0.717, 1.165) is 5.69 Å². The first-order chi connectivity index (χ1) is 7.90. The van der Waals surface area contributed by atoms with Gasteiger partial charge in [0.1, 0.15) is 0 Å². The minimum atomic E-state index is -0.958. The molecule has 1 aromatic rings. The molecule has 2 N–H and O–H groups in total. The third-order valence-electron chi connectivity index (χ3n) is 3.27. The molecule has 2 rings (SSSR count). The fraction of sp³-hybridized carbons (Fsp3) is 0.462. The maximum atomic E-state index is 10.8. The molecule has 1 aliphatic rings. The van der Waals surface area contributed by atoms with E-state index in [1.54, 1.807) is 12.1 Å². The van der Waals surface area contributed by atoms with E-state index in [1.807, 2.05) is 0 Å². The van der Waals surface area contributed by atoms with Crippen molar-refractivity contribution in [1.29, 1.82) is 0 Å². The number of carbonyl (C=O) groups is 1. The number of nitrogens with one attached hydrogen (secondary N) is 1. The maximum absolute atomic E-state index is 10.8. The fourth-order valence-corrected chi connectivity index (χ4v) is 2.23. The Labute approximate surface area is 106 Å². The van der Waals surface area contributed by atoms with Crippen LogP contribution < -0.4 is 5.32 Å². The van der Waals surface area contributed by atoms with Crippen molar-refractivity contribution in [2.75, 3.05) is 5.32 Å². The van der Waals surface area contributed by atoms with Crippen molar-refractivity contribution in [3.05, 3.63) is 28.8 Å². The van der Waals surface area contributed by atoms with E-state index in [0.29, 0.717) is 10.9 Å². The molecule has 1 saturated carbocycles. The summed E-state index contributed by atoms with van der Waals surface area (Å²) in [6.45, 7) is 4.29. The molecule has 1 fully saturated rings. The lowest BCUT2D eigenvalue weighted by molar-refractivity contribution is 0.0697. The number of halogens is 1. The standard InChI is InChI=1S/C13H16ClNO2/c1-13(2,9-4-5-9)15-11-6-3-8(12(16)17)7-10(11)14/h3,6-7,9,15H,4-5H2,1-2H3,(H,16,17). The summed E-state index contributed by atoms with van der Waals surface area (Å²) >= 11 is 6.08. The SMILES string of the molecule is CC(C)(Nc1ccc(C(=O)O)cc1Cl)C1CC1. The molecule has 1 aliphatic carbocycles. The molecule has 17 heavy (non-hydrogen) atoms. The summed E-state index contributed by atoms with van der Waals surface area (Å²) in [5.74, 6) is -0.280. The van der Waals surface area contributed by atoms with E-state index in [4.69, 9.17) is 16.7 Å². The van der Waals surface area contributed by atoms with E-state index in [2.05, 4.69) is 19.2 Å². The van der Waals surface area contributed by atoms with Crippen LogP contribution in [0.1, 0.15) is 37.0 Å². The third kappa shape index (κ3) is 2.72. The van der Waals surface area contributed by atoms with E-state index < -0.39 is 5.97 Å². The van der Waals surface area contributed by atoms with Gasteiger partial charge in [0, 0.05) is 5.54 Å². The zero-order valence-electron chi connectivity index (χ0n) is 9.96. The second-order valence-electron chi connectivity index (χ2n) is 5.12. The zero-order valence-corrected chi connectivity index (χ0v) is 10.7. The van der Waals surface area contributed by atoms with Crippen LogP contribution in [0, 0.1) is 5.92 Å². The number of hydrogen-bond donors (Lipinski definition) is 2. The van der Waals surface area contributed by atoms with Gasteiger partial charge in [-0.05, 0) is 50.8 Å². The van der Waals surface area contributed by atoms with Crippen LogP contribution in [0.3, 0.4) is 0 Å². The number of carboxylic acids is 1. The van der Waals surface area contributed by atoms with Gasteiger partial charge in [-0.15, -0.1) is 0 Å². The number of hydrogen-bond acceptors (Lipinski definition) is 2. The summed E-state index contributed by atoms with van der Waals surface area (Å²) in [5.41, 5.74) is 1.02. The van der Waals surface area contributed by atoms with Gasteiger partial charge in [-0.3, -0.25) is 0 Å². The van der Waals surface area contributed by atoms with E-state index in [9.17, 15) is 4.79 Å². The molecule has 0 bridgehead atoms. The number of anilines is 1. The van der Waals surface area contributed by atoms with E-state index in [-0.39, 0.29) is 11.1 Å². The summed E-state index contributed by atoms with van der Waals surface area (Å²) in [4.78, 5) is 10.8. The second kappa shape index (κ2) is 4.22. The summed E-state index contributed by atoms with van der Waals surface area (Å²) in [5, 5.41) is 12.7. The molecule has 0 unspecified atom stereocenters. The summed E-state index contributed by atoms with van der Waals surface area (Å²) < 4.78 is 0. The normalized spacial score (nSPS) is 15.7. The Kier molecular flexibility index (Phi) is 3.04. The summed E-state index contributed by atoms with van der Waals surface area (Å²) in [6.07, 6.45) is 2.48. The van der Waals surface area contributed by atoms with Gasteiger partial charge in [-0.25, -0.2) is 4.79 Å². The Balaban J connectivity index is 2.19. The van der Waals surface area contributed by atoms with Crippen molar-refractivity contribution >= 4 is 23.3 Å². The Hall–Kier alpha value is -1.22. The lowest BCUT2D eigenvalue weighted by atomic mass is 9.98. The molecule has 4 heteroatoms. The van der Waals surface area contributed by atoms with Crippen LogP contribution >= 0.6 is 11.6 Å². The Morgan fingerprint density at radius 3 is 2.59 bits per heavy atom. The topological polar surface area (TPSA) is 49.3 Å². The van der Waals surface area contributed by atoms with E-state index in [1.165, 1.54) is 18.9 Å². The molecular formula is C13H16ClNO2. The molecule has 0 radical (unpaired) electrons. The highest BCUT2D eigenvalue weighted by atomic mass is 35.5. The first kappa shape index (κ1) is 12.2. The second-order valence-corrected chi connectivity index (χ2v) is 5.53. The fourth-order valence-electron chi connectivity index (χ4n) is 2.00. The molecule has 0 saturated heterocycles. The van der Waals surface area contributed by atoms with Crippen molar-refractivity contribution < 1.29 is 9.90 Å². The van der Waals surface area contributed by atoms with Gasteiger partial charge in [0.25, 0.3) is 0 Å². The smallest absolute Gasteiger partial charge is 0.335 e. The lowest BCUT2D eigenvalue weighted by Crippen LogP contribution is -2.33. The Morgan fingerprint density at radius 1 is 1.47 bits per heavy atom. The minimum Gasteiger partial charge on any atom is -0.478 e. The summed E-state index contributed by atoms with van der Waals surface area (Å²) in [6, 6.07) is 4.78. The number of aromatic carboxylic acids is 1. The highest BCUT2D eigenvalue weighted by molar-refractivity contribution is 6.33. The van der Waals surface area contributed by atoms with Crippen molar-refractivity contribution in [1.82, 2.24) is 0 Å². The molecule has 92 valence electrons. The largest absolute Gasteiger partial charge is 0.478 e. The van der Waals surface area contributed by atoms with Crippen LogP contribution in [0.15, 0.2) is 18.2 Å². The highest BCUT2D eigenvalue weighted by Gasteiger charge is 2.37. The van der Waals surface area contributed by atoms with Crippen molar-refractivity contribution in [2.45, 2.75) is 32.2 Å². The van der Waals surface area contributed by atoms with Gasteiger partial charge in [0.05, 0.1) is 16.3 Å². The number of benzene rings is 1. The number of rotatable bonds is 4. The van der Waals surface area contributed by atoms with Crippen LogP contribution in [0.4, 0.5) is 5.69 Å².